The molecule has 17 heavy (non-hydrogen) atoms. The van der Waals surface area contributed by atoms with Crippen LogP contribution in [0.3, 0.4) is 0 Å². The second-order valence-electron chi connectivity index (χ2n) is 4.55. The number of hydrogen-bond acceptors (Lipinski definition) is 3. The van der Waals surface area contributed by atoms with Gasteiger partial charge in [0.05, 0.1) is 0 Å². The fourth-order valence-electron chi connectivity index (χ4n) is 2.39. The molecule has 1 aromatic rings. The number of fused-ring (bicyclic) bond motifs is 1. The Balaban J connectivity index is 2.15. The number of amidine groups is 1. The van der Waals surface area contributed by atoms with Crippen molar-refractivity contribution in [3.8, 4) is 0 Å². The normalized spacial score (nSPS) is 20.2. The smallest absolute Gasteiger partial charge is 0.140 e. The van der Waals surface area contributed by atoms with Crippen LogP contribution in [0.15, 0.2) is 29.4 Å². The lowest BCUT2D eigenvalue weighted by Crippen LogP contribution is -2.39. The van der Waals surface area contributed by atoms with Gasteiger partial charge in [-0.25, -0.2) is 0 Å². The van der Waals surface area contributed by atoms with Crippen LogP contribution in [0.25, 0.3) is 0 Å². The Morgan fingerprint density at radius 3 is 3.06 bits per heavy atom. The molecule has 0 amide bonds. The lowest BCUT2D eigenvalue weighted by molar-refractivity contribution is 0.317. The van der Waals surface area contributed by atoms with Gasteiger partial charge in [0.1, 0.15) is 5.84 Å². The number of benzene rings is 1. The van der Waals surface area contributed by atoms with E-state index in [-0.39, 0.29) is 0 Å². The highest BCUT2D eigenvalue weighted by Gasteiger charge is 2.22. The molecule has 0 aliphatic carbocycles. The van der Waals surface area contributed by atoms with Crippen LogP contribution in [0, 0.1) is 0 Å². The van der Waals surface area contributed by atoms with Crippen molar-refractivity contribution in [1.29, 1.82) is 0 Å². The highest BCUT2D eigenvalue weighted by Crippen LogP contribution is 2.30. The van der Waals surface area contributed by atoms with Gasteiger partial charge >= 0.3 is 0 Å². The first-order valence-electron chi connectivity index (χ1n) is 6.03. The Morgan fingerprint density at radius 1 is 1.53 bits per heavy atom. The van der Waals surface area contributed by atoms with Gasteiger partial charge in [0.2, 0.25) is 0 Å². The molecular weight excluding hydrogens is 214 g/mol. The van der Waals surface area contributed by atoms with Gasteiger partial charge in [0.25, 0.3) is 0 Å². The zero-order chi connectivity index (χ0) is 12.3. The summed E-state index contributed by atoms with van der Waals surface area (Å²) in [7, 11) is 0. The van der Waals surface area contributed by atoms with Crippen LogP contribution in [0.1, 0.15) is 25.3 Å². The summed E-state index contributed by atoms with van der Waals surface area (Å²) in [5.41, 5.74) is 8.21. The van der Waals surface area contributed by atoms with Crippen molar-refractivity contribution in [2.75, 3.05) is 11.4 Å². The van der Waals surface area contributed by atoms with Crippen LogP contribution >= 0.6 is 0 Å². The van der Waals surface area contributed by atoms with E-state index in [0.717, 1.165) is 19.4 Å². The molecule has 1 atom stereocenters. The van der Waals surface area contributed by atoms with Gasteiger partial charge in [-0.1, -0.05) is 23.4 Å². The van der Waals surface area contributed by atoms with Gasteiger partial charge in [-0.3, -0.25) is 0 Å². The summed E-state index contributed by atoms with van der Waals surface area (Å²) in [4.78, 5) is 2.34. The molecule has 1 aliphatic heterocycles. The summed E-state index contributed by atoms with van der Waals surface area (Å²) in [6.45, 7) is 3.02. The van der Waals surface area contributed by atoms with E-state index in [1.165, 1.54) is 11.3 Å². The number of para-hydroxylation sites is 1. The lowest BCUT2D eigenvalue weighted by atomic mass is 9.96. The summed E-state index contributed by atoms with van der Waals surface area (Å²) in [6, 6.07) is 8.98. The van der Waals surface area contributed by atoms with Gasteiger partial charge in [-0.15, -0.1) is 0 Å². The summed E-state index contributed by atoms with van der Waals surface area (Å²) in [5, 5.41) is 11.6. The maximum Gasteiger partial charge on any atom is 0.140 e. The molecule has 0 saturated carbocycles. The van der Waals surface area contributed by atoms with Gasteiger partial charge in [0, 0.05) is 24.7 Å². The quantitative estimate of drug-likeness (QED) is 0.363. The van der Waals surface area contributed by atoms with Gasteiger partial charge in [-0.2, -0.15) is 0 Å². The lowest BCUT2D eigenvalue weighted by Gasteiger charge is -2.37. The molecule has 0 bridgehead atoms. The Labute approximate surface area is 102 Å². The van der Waals surface area contributed by atoms with Crippen molar-refractivity contribution in [2.45, 2.75) is 32.2 Å². The Bertz CT molecular complexity index is 417. The van der Waals surface area contributed by atoms with Crippen LogP contribution in [-0.4, -0.2) is 23.6 Å². The zero-order valence-electron chi connectivity index (χ0n) is 10.1. The van der Waals surface area contributed by atoms with E-state index in [1.807, 2.05) is 0 Å². The van der Waals surface area contributed by atoms with Crippen LogP contribution in [-0.2, 0) is 6.42 Å². The van der Waals surface area contributed by atoms with Gasteiger partial charge < -0.3 is 15.8 Å². The number of anilines is 1. The van der Waals surface area contributed by atoms with E-state index < -0.39 is 0 Å². The molecule has 2 rings (SSSR count). The van der Waals surface area contributed by atoms with E-state index in [1.54, 1.807) is 0 Å². The average Bonchev–Trinajstić information content (AvgIpc) is 2.37. The third kappa shape index (κ3) is 2.52. The number of hydrogen-bond donors (Lipinski definition) is 2. The molecule has 0 aromatic heterocycles. The summed E-state index contributed by atoms with van der Waals surface area (Å²) < 4.78 is 0. The van der Waals surface area contributed by atoms with E-state index in [0.29, 0.717) is 18.3 Å². The number of rotatable bonds is 3. The molecule has 0 fully saturated rings. The maximum absolute atomic E-state index is 8.57. The fourth-order valence-corrected chi connectivity index (χ4v) is 2.39. The van der Waals surface area contributed by atoms with Crippen LogP contribution in [0.4, 0.5) is 5.69 Å². The predicted molar refractivity (Wildman–Crippen MR) is 69.6 cm³/mol. The first kappa shape index (κ1) is 11.8. The van der Waals surface area contributed by atoms with Crippen LogP contribution < -0.4 is 10.6 Å². The van der Waals surface area contributed by atoms with Gasteiger partial charge in [0.15, 0.2) is 0 Å². The third-order valence-electron chi connectivity index (χ3n) is 3.40. The molecule has 1 heterocycles. The first-order valence-corrected chi connectivity index (χ1v) is 6.03. The Hall–Kier alpha value is -1.71. The monoisotopic (exact) mass is 233 g/mol. The first-order chi connectivity index (χ1) is 8.22. The highest BCUT2D eigenvalue weighted by molar-refractivity contribution is 5.80. The van der Waals surface area contributed by atoms with E-state index in [9.17, 15) is 0 Å². The van der Waals surface area contributed by atoms with Crippen molar-refractivity contribution in [2.24, 2.45) is 10.9 Å². The van der Waals surface area contributed by atoms with E-state index in [2.05, 4.69) is 41.2 Å². The summed E-state index contributed by atoms with van der Waals surface area (Å²) >= 11 is 0. The van der Waals surface area contributed by atoms with Crippen molar-refractivity contribution in [3.63, 3.8) is 0 Å². The van der Waals surface area contributed by atoms with E-state index >= 15 is 0 Å². The molecule has 0 saturated heterocycles. The Kier molecular flexibility index (Phi) is 3.52. The molecule has 4 heteroatoms. The number of oxime groups is 1. The molecule has 0 radical (unpaired) electrons. The second kappa shape index (κ2) is 5.08. The van der Waals surface area contributed by atoms with Crippen molar-refractivity contribution in [3.05, 3.63) is 29.8 Å². The van der Waals surface area contributed by atoms with E-state index in [4.69, 9.17) is 10.9 Å². The SMILES string of the molecule is CC1CCc2ccccc2N1CC/C(N)=N/O. The maximum atomic E-state index is 8.57. The van der Waals surface area contributed by atoms with Crippen LogP contribution in [0.5, 0.6) is 0 Å². The molecule has 3 N–H and O–H groups in total. The molecule has 1 unspecified atom stereocenters. The van der Waals surface area contributed by atoms with Gasteiger partial charge in [-0.05, 0) is 31.4 Å². The standard InChI is InChI=1S/C13H19N3O/c1-10-6-7-11-4-2-3-5-12(11)16(10)9-8-13(14)15-17/h2-5,10,17H,6-9H2,1H3,(H2,14,15). The number of nitrogens with zero attached hydrogens (tertiary/aromatic N) is 2. The minimum absolute atomic E-state index is 0.292. The van der Waals surface area contributed by atoms with Crippen molar-refractivity contribution >= 4 is 11.5 Å². The summed E-state index contributed by atoms with van der Waals surface area (Å²) in [6.07, 6.45) is 2.89. The molecule has 1 aliphatic rings. The number of aryl methyl sites for hydroxylation is 1. The van der Waals surface area contributed by atoms with Crippen LogP contribution in [0.2, 0.25) is 0 Å². The highest BCUT2D eigenvalue weighted by atomic mass is 16.4. The Morgan fingerprint density at radius 2 is 2.29 bits per heavy atom. The molecular formula is C13H19N3O. The van der Waals surface area contributed by atoms with Crippen molar-refractivity contribution < 1.29 is 5.21 Å². The molecule has 92 valence electrons. The minimum atomic E-state index is 0.292. The average molecular weight is 233 g/mol. The van der Waals surface area contributed by atoms with Crippen molar-refractivity contribution in [1.82, 2.24) is 0 Å². The fraction of sp³-hybridized carbons (Fsp3) is 0.462. The largest absolute Gasteiger partial charge is 0.409 e. The topological polar surface area (TPSA) is 61.8 Å². The number of nitrogens with two attached hydrogens (primary N) is 1. The molecule has 0 spiro atoms. The molecule has 4 nitrogen and oxygen atoms in total. The molecule has 1 aromatic carbocycles. The minimum Gasteiger partial charge on any atom is -0.409 e. The summed E-state index contributed by atoms with van der Waals surface area (Å²) in [5.74, 6) is 0.292. The second-order valence-corrected chi connectivity index (χ2v) is 4.55. The predicted octanol–water partition coefficient (Wildman–Crippen LogP) is 1.96. The zero-order valence-corrected chi connectivity index (χ0v) is 10.1. The third-order valence-corrected chi connectivity index (χ3v) is 3.40.